The average Bonchev–Trinajstić information content (AvgIpc) is 2.68. The van der Waals surface area contributed by atoms with E-state index in [1.807, 2.05) is 32.5 Å². The topological polar surface area (TPSA) is 16.8 Å². The van der Waals surface area contributed by atoms with Gasteiger partial charge in [0.25, 0.3) is 6.33 Å². The van der Waals surface area contributed by atoms with E-state index in [1.54, 1.807) is 6.08 Å². The predicted molar refractivity (Wildman–Crippen MR) is 116 cm³/mol. The summed E-state index contributed by atoms with van der Waals surface area (Å²) in [5, 5.41) is 0. The van der Waals surface area contributed by atoms with Crippen molar-refractivity contribution in [3.63, 3.8) is 0 Å². The molecular weight excluding hydrogens is 328 g/mol. The van der Waals surface area contributed by atoms with E-state index in [-0.39, 0.29) is 5.41 Å². The van der Waals surface area contributed by atoms with E-state index in [0.717, 1.165) is 23.4 Å². The molecule has 2 nitrogen and oxygen atoms in total. The zero-order valence-electron chi connectivity index (χ0n) is 17.2. The van der Waals surface area contributed by atoms with Crippen LogP contribution in [0.3, 0.4) is 0 Å². The molecule has 1 aromatic heterocycles. The SMILES string of the molecule is C=CC=C(C=CC)c1cc(-c2ccccc2C(C)(C=CC)CC)[n+](C)cn1. The van der Waals surface area contributed by atoms with E-state index in [0.29, 0.717) is 0 Å². The number of aromatic nitrogens is 2. The standard InChI is InChI=1S/C25H31N2/c1-7-13-20(14-8-2)23-18-24(27(6)19-26-23)21-15-11-12-16-22(21)25(5,10-4)17-9-3/h7-9,11-19H,1,10H2,2-6H3/q+1. The summed E-state index contributed by atoms with van der Waals surface area (Å²) in [4.78, 5) is 4.63. The Morgan fingerprint density at radius 2 is 1.96 bits per heavy atom. The molecule has 27 heavy (non-hydrogen) atoms. The highest BCUT2D eigenvalue weighted by atomic mass is 15.0. The van der Waals surface area contributed by atoms with Crippen molar-refractivity contribution in [3.05, 3.63) is 91.0 Å². The first kappa shape index (κ1) is 20.6. The van der Waals surface area contributed by atoms with E-state index < -0.39 is 0 Å². The molecule has 0 fully saturated rings. The molecule has 140 valence electrons. The summed E-state index contributed by atoms with van der Waals surface area (Å²) >= 11 is 0. The minimum Gasteiger partial charge on any atom is -0.232 e. The molecule has 1 aromatic carbocycles. The molecule has 2 heteroatoms. The normalized spacial score (nSPS) is 14.6. The van der Waals surface area contributed by atoms with Crippen LogP contribution in [0, 0.1) is 0 Å². The van der Waals surface area contributed by atoms with Crippen LogP contribution in [0.25, 0.3) is 16.8 Å². The zero-order valence-corrected chi connectivity index (χ0v) is 17.2. The first-order valence-corrected chi connectivity index (χ1v) is 9.56. The second kappa shape index (κ2) is 9.27. The van der Waals surface area contributed by atoms with Gasteiger partial charge in [0.2, 0.25) is 0 Å². The van der Waals surface area contributed by atoms with E-state index in [9.17, 15) is 0 Å². The predicted octanol–water partition coefficient (Wildman–Crippen LogP) is 5.96. The second-order valence-electron chi connectivity index (χ2n) is 6.94. The first-order chi connectivity index (χ1) is 13.0. The number of allylic oxidation sites excluding steroid dienone is 7. The van der Waals surface area contributed by atoms with Gasteiger partial charge >= 0.3 is 0 Å². The second-order valence-corrected chi connectivity index (χ2v) is 6.94. The molecule has 1 heterocycles. The lowest BCUT2D eigenvalue weighted by atomic mass is 9.77. The molecule has 0 spiro atoms. The van der Waals surface area contributed by atoms with Crippen molar-refractivity contribution in [2.24, 2.45) is 7.05 Å². The van der Waals surface area contributed by atoms with Crippen molar-refractivity contribution < 1.29 is 4.57 Å². The van der Waals surface area contributed by atoms with Crippen molar-refractivity contribution in [2.75, 3.05) is 0 Å². The van der Waals surface area contributed by atoms with Gasteiger partial charge in [0.1, 0.15) is 5.69 Å². The Balaban J connectivity index is 2.72. The Morgan fingerprint density at radius 3 is 2.59 bits per heavy atom. The van der Waals surface area contributed by atoms with Gasteiger partial charge in [-0.1, -0.05) is 81.1 Å². The molecule has 0 saturated heterocycles. The Kier molecular flexibility index (Phi) is 7.06. The highest BCUT2D eigenvalue weighted by Gasteiger charge is 2.26. The van der Waals surface area contributed by atoms with Crippen molar-refractivity contribution >= 4 is 5.57 Å². The first-order valence-electron chi connectivity index (χ1n) is 9.56. The molecule has 0 amide bonds. The van der Waals surface area contributed by atoms with Gasteiger partial charge in [-0.25, -0.2) is 4.57 Å². The van der Waals surface area contributed by atoms with Crippen LogP contribution >= 0.6 is 0 Å². The molecule has 1 atom stereocenters. The van der Waals surface area contributed by atoms with Gasteiger partial charge in [-0.05, 0) is 30.8 Å². The van der Waals surface area contributed by atoms with E-state index in [2.05, 4.69) is 85.5 Å². The number of hydrogen-bond acceptors (Lipinski definition) is 1. The summed E-state index contributed by atoms with van der Waals surface area (Å²) in [6.07, 6.45) is 15.3. The number of hydrogen-bond donors (Lipinski definition) is 0. The maximum atomic E-state index is 4.63. The fourth-order valence-corrected chi connectivity index (χ4v) is 3.41. The molecule has 0 aliphatic carbocycles. The Morgan fingerprint density at radius 1 is 1.22 bits per heavy atom. The molecular formula is C25H31N2+. The maximum Gasteiger partial charge on any atom is 0.287 e. The zero-order chi connectivity index (χ0) is 19.9. The number of aryl methyl sites for hydroxylation is 1. The smallest absolute Gasteiger partial charge is 0.232 e. The highest BCUT2D eigenvalue weighted by molar-refractivity contribution is 5.75. The summed E-state index contributed by atoms with van der Waals surface area (Å²) in [6.45, 7) is 12.5. The van der Waals surface area contributed by atoms with Gasteiger partial charge < -0.3 is 0 Å². The average molecular weight is 360 g/mol. The largest absolute Gasteiger partial charge is 0.287 e. The Bertz CT molecular complexity index is 887. The van der Waals surface area contributed by atoms with E-state index >= 15 is 0 Å². The minimum atomic E-state index is -0.00904. The Labute approximate surface area is 164 Å². The monoisotopic (exact) mass is 359 g/mol. The summed E-state index contributed by atoms with van der Waals surface area (Å²) in [5.74, 6) is 0. The van der Waals surface area contributed by atoms with E-state index in [1.165, 1.54) is 11.1 Å². The van der Waals surface area contributed by atoms with Crippen LogP contribution in [0.1, 0.15) is 45.4 Å². The van der Waals surface area contributed by atoms with Gasteiger partial charge in [-0.2, -0.15) is 0 Å². The van der Waals surface area contributed by atoms with Gasteiger partial charge in [-0.15, -0.1) is 0 Å². The van der Waals surface area contributed by atoms with Crippen LogP contribution in [0.5, 0.6) is 0 Å². The summed E-state index contributed by atoms with van der Waals surface area (Å²) in [5.41, 5.74) is 5.71. The molecule has 2 rings (SSSR count). The summed E-state index contributed by atoms with van der Waals surface area (Å²) in [7, 11) is 2.05. The van der Waals surface area contributed by atoms with Gasteiger partial charge in [-0.3, -0.25) is 0 Å². The lowest BCUT2D eigenvalue weighted by molar-refractivity contribution is -0.663. The molecule has 0 N–H and O–H groups in total. The van der Waals surface area contributed by atoms with Crippen LogP contribution in [-0.4, -0.2) is 4.98 Å². The number of rotatable bonds is 7. The van der Waals surface area contributed by atoms with Crippen molar-refractivity contribution in [3.8, 4) is 11.3 Å². The summed E-state index contributed by atoms with van der Waals surface area (Å²) in [6, 6.07) is 10.8. The maximum absolute atomic E-state index is 4.63. The van der Waals surface area contributed by atoms with Crippen LogP contribution in [0.2, 0.25) is 0 Å². The lowest BCUT2D eigenvalue weighted by Crippen LogP contribution is -2.33. The van der Waals surface area contributed by atoms with Crippen LogP contribution in [-0.2, 0) is 12.5 Å². The van der Waals surface area contributed by atoms with Gasteiger partial charge in [0, 0.05) is 22.6 Å². The molecule has 0 radical (unpaired) electrons. The number of nitrogens with zero attached hydrogens (tertiary/aromatic N) is 2. The molecule has 0 bridgehead atoms. The minimum absolute atomic E-state index is 0.00904. The molecule has 0 aliphatic heterocycles. The highest BCUT2D eigenvalue weighted by Crippen LogP contribution is 2.36. The van der Waals surface area contributed by atoms with E-state index in [4.69, 9.17) is 0 Å². The fourth-order valence-electron chi connectivity index (χ4n) is 3.41. The van der Waals surface area contributed by atoms with Crippen molar-refractivity contribution in [1.29, 1.82) is 0 Å². The number of benzene rings is 1. The van der Waals surface area contributed by atoms with Crippen molar-refractivity contribution in [2.45, 2.75) is 39.5 Å². The van der Waals surface area contributed by atoms with Gasteiger partial charge in [0.05, 0.1) is 7.05 Å². The van der Waals surface area contributed by atoms with Crippen LogP contribution < -0.4 is 4.57 Å². The third kappa shape index (κ3) is 4.51. The Hall–Kier alpha value is -2.74. The van der Waals surface area contributed by atoms with Crippen LogP contribution in [0.15, 0.2) is 79.7 Å². The quantitative estimate of drug-likeness (QED) is 0.338. The molecule has 1 unspecified atom stereocenters. The lowest BCUT2D eigenvalue weighted by Gasteiger charge is -2.27. The molecule has 0 saturated carbocycles. The molecule has 0 aliphatic rings. The third-order valence-electron chi connectivity index (χ3n) is 5.05. The van der Waals surface area contributed by atoms with Gasteiger partial charge in [0.15, 0.2) is 5.69 Å². The fraction of sp³-hybridized carbons (Fsp3) is 0.280. The molecule has 2 aromatic rings. The summed E-state index contributed by atoms with van der Waals surface area (Å²) < 4.78 is 2.09. The third-order valence-corrected chi connectivity index (χ3v) is 5.05. The van der Waals surface area contributed by atoms with Crippen molar-refractivity contribution in [1.82, 2.24) is 4.98 Å². The van der Waals surface area contributed by atoms with Crippen LogP contribution in [0.4, 0.5) is 0 Å².